The van der Waals surface area contributed by atoms with Crippen LogP contribution in [0.4, 0.5) is 0 Å². The topological polar surface area (TPSA) is 177 Å². The van der Waals surface area contributed by atoms with E-state index in [1.807, 2.05) is 0 Å². The zero-order chi connectivity index (χ0) is 29.0. The Kier molecular flexibility index (Phi) is 10.2. The molecule has 2 amide bonds. The van der Waals surface area contributed by atoms with E-state index in [1.54, 1.807) is 5.43 Å². The third kappa shape index (κ3) is 7.40. The van der Waals surface area contributed by atoms with Crippen molar-refractivity contribution in [1.29, 1.82) is 5.41 Å². The summed E-state index contributed by atoms with van der Waals surface area (Å²) in [6, 6.07) is -0.838. The number of nitro groups is 1. The van der Waals surface area contributed by atoms with Crippen LogP contribution < -0.4 is 21.4 Å². The SMILES string of the molecule is COCCC(=O)N[C@@H](CCCNC(=N)N[N+](=O)[O-])C(=O)N[C@@H](CC(C)C)B1O[C@@H]2C[C@@H]3C[C@@H](C3(C)C)[C@]2(C)O1. The van der Waals surface area contributed by atoms with Gasteiger partial charge in [-0.15, -0.1) is 0 Å². The van der Waals surface area contributed by atoms with Crippen molar-refractivity contribution < 1.29 is 28.7 Å². The maximum absolute atomic E-state index is 13.5. The summed E-state index contributed by atoms with van der Waals surface area (Å²) < 4.78 is 18.1. The minimum atomic E-state index is -0.838. The average Bonchev–Trinajstić information content (AvgIpc) is 3.20. The van der Waals surface area contributed by atoms with Crippen molar-refractivity contribution in [1.82, 2.24) is 21.4 Å². The second-order valence-corrected chi connectivity index (χ2v) is 12.3. The summed E-state index contributed by atoms with van der Waals surface area (Å²) in [5.74, 6) is -0.227. The number of methoxy groups -OCH3 is 1. The summed E-state index contributed by atoms with van der Waals surface area (Å²) >= 11 is 0. The number of hydrogen-bond donors (Lipinski definition) is 5. The summed E-state index contributed by atoms with van der Waals surface area (Å²) in [4.78, 5) is 36.4. The van der Waals surface area contributed by atoms with Gasteiger partial charge in [0.05, 0.1) is 24.3 Å². The van der Waals surface area contributed by atoms with Crippen molar-refractivity contribution in [2.24, 2.45) is 23.2 Å². The zero-order valence-corrected chi connectivity index (χ0v) is 24.0. The lowest BCUT2D eigenvalue weighted by Gasteiger charge is -2.64. The van der Waals surface area contributed by atoms with E-state index in [9.17, 15) is 19.7 Å². The summed E-state index contributed by atoms with van der Waals surface area (Å²) in [5, 5.41) is 25.6. The van der Waals surface area contributed by atoms with E-state index in [0.717, 1.165) is 12.8 Å². The van der Waals surface area contributed by atoms with Crippen molar-refractivity contribution in [2.45, 2.75) is 96.8 Å². The molecule has 13 nitrogen and oxygen atoms in total. The molecule has 0 aromatic rings. The Morgan fingerprint density at radius 2 is 1.95 bits per heavy atom. The fourth-order valence-electron chi connectivity index (χ4n) is 6.48. The molecule has 3 saturated carbocycles. The van der Waals surface area contributed by atoms with Crippen LogP contribution in [0.3, 0.4) is 0 Å². The molecule has 1 heterocycles. The van der Waals surface area contributed by atoms with E-state index in [1.165, 1.54) is 7.11 Å². The number of hydrazine groups is 1. The van der Waals surface area contributed by atoms with Gasteiger partial charge in [0.1, 0.15) is 6.04 Å². The Morgan fingerprint density at radius 1 is 1.23 bits per heavy atom. The van der Waals surface area contributed by atoms with Gasteiger partial charge in [-0.3, -0.25) is 15.0 Å². The smallest absolute Gasteiger partial charge is 0.404 e. The number of carbonyl (C=O) groups is 2. The van der Waals surface area contributed by atoms with Gasteiger partial charge in [0, 0.05) is 20.1 Å². The predicted molar refractivity (Wildman–Crippen MR) is 145 cm³/mol. The van der Waals surface area contributed by atoms with Crippen LogP contribution in [0.2, 0.25) is 0 Å². The fourth-order valence-corrected chi connectivity index (χ4v) is 6.48. The molecule has 39 heavy (non-hydrogen) atoms. The number of ether oxygens (including phenoxy) is 1. The molecule has 0 aromatic carbocycles. The van der Waals surface area contributed by atoms with Crippen molar-refractivity contribution in [2.75, 3.05) is 20.3 Å². The van der Waals surface area contributed by atoms with Crippen LogP contribution >= 0.6 is 0 Å². The third-order valence-electron chi connectivity index (χ3n) is 8.71. The van der Waals surface area contributed by atoms with Gasteiger partial charge in [-0.1, -0.05) is 33.1 Å². The van der Waals surface area contributed by atoms with Crippen LogP contribution in [-0.4, -0.2) is 73.9 Å². The highest BCUT2D eigenvalue weighted by atomic mass is 16.7. The number of guanidine groups is 1. The van der Waals surface area contributed by atoms with Crippen molar-refractivity contribution in [3.8, 4) is 0 Å². The maximum atomic E-state index is 13.5. The first kappa shape index (κ1) is 31.1. The first-order valence-electron chi connectivity index (χ1n) is 13.9. The van der Waals surface area contributed by atoms with Crippen LogP contribution in [0.25, 0.3) is 0 Å². The molecule has 3 aliphatic carbocycles. The zero-order valence-electron chi connectivity index (χ0n) is 24.0. The molecule has 0 aromatic heterocycles. The van der Waals surface area contributed by atoms with Gasteiger partial charge in [0.15, 0.2) is 5.03 Å². The molecule has 14 heteroatoms. The minimum absolute atomic E-state index is 0.00968. The highest BCUT2D eigenvalue weighted by Gasteiger charge is 2.68. The molecule has 4 aliphatic rings. The van der Waals surface area contributed by atoms with Crippen molar-refractivity contribution >= 4 is 24.9 Å². The van der Waals surface area contributed by atoms with Gasteiger partial charge in [-0.2, -0.15) is 0 Å². The van der Waals surface area contributed by atoms with Gasteiger partial charge in [-0.25, -0.2) is 10.1 Å². The van der Waals surface area contributed by atoms with E-state index in [0.29, 0.717) is 24.7 Å². The molecule has 1 saturated heterocycles. The summed E-state index contributed by atoms with van der Waals surface area (Å²) in [7, 11) is 0.916. The normalized spacial score (nSPS) is 28.1. The summed E-state index contributed by atoms with van der Waals surface area (Å²) in [6.45, 7) is 11.3. The van der Waals surface area contributed by atoms with Crippen LogP contribution in [0.15, 0.2) is 0 Å². The van der Waals surface area contributed by atoms with Crippen molar-refractivity contribution in [3.63, 3.8) is 0 Å². The highest BCUT2D eigenvalue weighted by Crippen LogP contribution is 2.65. The fraction of sp³-hybridized carbons (Fsp3) is 0.880. The van der Waals surface area contributed by atoms with E-state index >= 15 is 0 Å². The highest BCUT2D eigenvalue weighted by molar-refractivity contribution is 6.47. The Bertz CT molecular complexity index is 921. The molecule has 1 aliphatic heterocycles. The molecule has 4 fully saturated rings. The van der Waals surface area contributed by atoms with Gasteiger partial charge in [-0.05, 0) is 62.2 Å². The van der Waals surface area contributed by atoms with E-state index < -0.39 is 35.7 Å². The lowest BCUT2D eigenvalue weighted by Crippen LogP contribution is -2.65. The Morgan fingerprint density at radius 3 is 2.56 bits per heavy atom. The molecule has 6 atom stereocenters. The number of hydrogen-bond acceptors (Lipinski definition) is 8. The van der Waals surface area contributed by atoms with Crippen LogP contribution in [-0.2, 0) is 23.6 Å². The monoisotopic (exact) mass is 552 g/mol. The largest absolute Gasteiger partial charge is 0.481 e. The maximum Gasteiger partial charge on any atom is 0.481 e. The molecule has 4 rings (SSSR count). The second-order valence-electron chi connectivity index (χ2n) is 12.3. The summed E-state index contributed by atoms with van der Waals surface area (Å²) in [5.41, 5.74) is 1.53. The Balaban J connectivity index is 1.65. The first-order chi connectivity index (χ1) is 18.3. The third-order valence-corrected chi connectivity index (χ3v) is 8.71. The van der Waals surface area contributed by atoms with E-state index in [4.69, 9.17) is 19.5 Å². The second kappa shape index (κ2) is 12.8. The summed E-state index contributed by atoms with van der Waals surface area (Å²) in [6.07, 6.45) is 3.48. The van der Waals surface area contributed by atoms with Gasteiger partial charge in [0.25, 0.3) is 5.96 Å². The van der Waals surface area contributed by atoms with E-state index in [2.05, 4.69) is 50.6 Å². The minimum Gasteiger partial charge on any atom is -0.404 e. The number of rotatable bonds is 14. The van der Waals surface area contributed by atoms with Crippen LogP contribution in [0, 0.1) is 38.7 Å². The molecule has 2 bridgehead atoms. The predicted octanol–water partition coefficient (Wildman–Crippen LogP) is 1.39. The molecular formula is C25H45BN6O7. The van der Waals surface area contributed by atoms with E-state index in [-0.39, 0.29) is 55.2 Å². The molecule has 0 radical (unpaired) electrons. The number of nitrogens with zero attached hydrogens (tertiary/aromatic N) is 1. The molecule has 0 unspecified atom stereocenters. The lowest BCUT2D eigenvalue weighted by atomic mass is 9.43. The number of carbonyl (C=O) groups excluding carboxylic acids is 2. The lowest BCUT2D eigenvalue weighted by molar-refractivity contribution is -0.525. The quantitative estimate of drug-likeness (QED) is 0.0532. The standard InChI is InChI=1S/C25H45BN6O7/c1-15(2)12-20(26-38-19-14-16-13-18(24(16,3)4)25(19,5)39-26)30-22(34)17(29-21(33)9-11-37-6)8-7-10-28-23(27)31-32(35)36/h15-20H,7-14H2,1-6H3,(H,29,33)(H,30,34)(H3,27,28,31)/t16-,17-,18-,19+,20-,25-/m0/s1. The Labute approximate surface area is 231 Å². The Hall–Kier alpha value is -2.45. The van der Waals surface area contributed by atoms with Crippen LogP contribution in [0.1, 0.15) is 73.1 Å². The first-order valence-corrected chi connectivity index (χ1v) is 13.9. The molecule has 5 N–H and O–H groups in total. The molecule has 220 valence electrons. The van der Waals surface area contributed by atoms with Crippen LogP contribution in [0.5, 0.6) is 0 Å². The molecular weight excluding hydrogens is 507 g/mol. The molecule has 0 spiro atoms. The van der Waals surface area contributed by atoms with Crippen molar-refractivity contribution in [3.05, 3.63) is 10.1 Å². The number of nitrogens with one attached hydrogen (secondary N) is 5. The average molecular weight is 552 g/mol. The van der Waals surface area contributed by atoms with Gasteiger partial charge < -0.3 is 30.0 Å². The van der Waals surface area contributed by atoms with Gasteiger partial charge >= 0.3 is 7.12 Å². The van der Waals surface area contributed by atoms with Gasteiger partial charge in [0.2, 0.25) is 11.8 Å². The number of amides is 2.